The van der Waals surface area contributed by atoms with Crippen molar-refractivity contribution in [2.75, 3.05) is 18.1 Å². The minimum atomic E-state index is 0.397. The van der Waals surface area contributed by atoms with Gasteiger partial charge in [-0.3, -0.25) is 0 Å². The van der Waals surface area contributed by atoms with Gasteiger partial charge in [0.2, 0.25) is 0 Å². The molecule has 1 aromatic heterocycles. The SMILES string of the molecule is Cc1cc(C(N)=S)cc(N2CCOc3ccccc3C2)n1. The molecular weight excluding hydrogens is 282 g/mol. The largest absolute Gasteiger partial charge is 0.491 e. The van der Waals surface area contributed by atoms with Gasteiger partial charge in [-0.1, -0.05) is 30.4 Å². The van der Waals surface area contributed by atoms with Gasteiger partial charge in [0, 0.05) is 23.4 Å². The number of nitrogens with zero attached hydrogens (tertiary/aromatic N) is 2. The molecule has 0 radical (unpaired) electrons. The highest BCUT2D eigenvalue weighted by Gasteiger charge is 2.17. The van der Waals surface area contributed by atoms with Crippen LogP contribution in [0.3, 0.4) is 0 Å². The summed E-state index contributed by atoms with van der Waals surface area (Å²) < 4.78 is 5.79. The molecule has 0 saturated heterocycles. The van der Waals surface area contributed by atoms with Crippen molar-refractivity contribution in [1.82, 2.24) is 4.98 Å². The molecule has 1 aromatic carbocycles. The van der Waals surface area contributed by atoms with Crippen LogP contribution in [-0.2, 0) is 6.54 Å². The van der Waals surface area contributed by atoms with Crippen LogP contribution >= 0.6 is 12.2 Å². The van der Waals surface area contributed by atoms with Gasteiger partial charge in [-0.25, -0.2) is 4.98 Å². The minimum Gasteiger partial charge on any atom is -0.491 e. The fraction of sp³-hybridized carbons (Fsp3) is 0.250. The smallest absolute Gasteiger partial charge is 0.129 e. The van der Waals surface area contributed by atoms with Crippen molar-refractivity contribution in [2.45, 2.75) is 13.5 Å². The van der Waals surface area contributed by atoms with E-state index in [9.17, 15) is 0 Å². The molecule has 108 valence electrons. The number of aromatic nitrogens is 1. The topological polar surface area (TPSA) is 51.4 Å². The van der Waals surface area contributed by atoms with Crippen LogP contribution in [-0.4, -0.2) is 23.1 Å². The van der Waals surface area contributed by atoms with Crippen LogP contribution in [0, 0.1) is 6.92 Å². The van der Waals surface area contributed by atoms with Crippen molar-refractivity contribution in [3.8, 4) is 5.75 Å². The number of hydrogen-bond donors (Lipinski definition) is 1. The van der Waals surface area contributed by atoms with Crippen molar-refractivity contribution in [3.05, 3.63) is 53.2 Å². The highest BCUT2D eigenvalue weighted by Crippen LogP contribution is 2.25. The Morgan fingerprint density at radius 2 is 2.14 bits per heavy atom. The molecule has 0 atom stereocenters. The molecule has 2 N–H and O–H groups in total. The van der Waals surface area contributed by atoms with Crippen LogP contribution in [0.1, 0.15) is 16.8 Å². The van der Waals surface area contributed by atoms with Gasteiger partial charge in [0.25, 0.3) is 0 Å². The van der Waals surface area contributed by atoms with E-state index in [0.717, 1.165) is 41.5 Å². The normalized spacial score (nSPS) is 14.0. The maximum atomic E-state index is 5.79. The van der Waals surface area contributed by atoms with E-state index in [1.165, 1.54) is 0 Å². The van der Waals surface area contributed by atoms with Crippen LogP contribution in [0.25, 0.3) is 0 Å². The molecule has 1 aliphatic rings. The molecule has 0 unspecified atom stereocenters. The van der Waals surface area contributed by atoms with E-state index in [2.05, 4.69) is 16.0 Å². The van der Waals surface area contributed by atoms with Crippen molar-refractivity contribution < 1.29 is 4.74 Å². The van der Waals surface area contributed by atoms with E-state index in [-0.39, 0.29) is 0 Å². The number of nitrogens with two attached hydrogens (primary N) is 1. The molecular formula is C16H17N3OS. The number of hydrogen-bond acceptors (Lipinski definition) is 4. The van der Waals surface area contributed by atoms with Gasteiger partial charge >= 0.3 is 0 Å². The van der Waals surface area contributed by atoms with E-state index in [4.69, 9.17) is 22.7 Å². The quantitative estimate of drug-likeness (QED) is 0.863. The summed E-state index contributed by atoms with van der Waals surface area (Å²) in [6, 6.07) is 12.0. The second-order valence-corrected chi connectivity index (χ2v) is 5.54. The summed E-state index contributed by atoms with van der Waals surface area (Å²) >= 11 is 5.08. The lowest BCUT2D eigenvalue weighted by molar-refractivity contribution is 0.331. The van der Waals surface area contributed by atoms with Crippen molar-refractivity contribution in [2.24, 2.45) is 5.73 Å². The highest BCUT2D eigenvalue weighted by atomic mass is 32.1. The summed E-state index contributed by atoms with van der Waals surface area (Å²) in [5.41, 5.74) is 8.67. The number of thiocarbonyl (C=S) groups is 1. The van der Waals surface area contributed by atoms with Gasteiger partial charge in [-0.15, -0.1) is 0 Å². The predicted molar refractivity (Wildman–Crippen MR) is 87.8 cm³/mol. The van der Waals surface area contributed by atoms with Crippen LogP contribution in [0.5, 0.6) is 5.75 Å². The van der Waals surface area contributed by atoms with Crippen LogP contribution < -0.4 is 15.4 Å². The maximum Gasteiger partial charge on any atom is 0.129 e. The minimum absolute atomic E-state index is 0.397. The average Bonchev–Trinajstić information content (AvgIpc) is 2.68. The predicted octanol–water partition coefficient (Wildman–Crippen LogP) is 2.42. The molecule has 0 saturated carbocycles. The highest BCUT2D eigenvalue weighted by molar-refractivity contribution is 7.80. The summed E-state index contributed by atoms with van der Waals surface area (Å²) in [5.74, 6) is 1.83. The molecule has 0 aliphatic carbocycles. The van der Waals surface area contributed by atoms with E-state index in [0.29, 0.717) is 11.6 Å². The first kappa shape index (κ1) is 13.8. The number of para-hydroxylation sites is 1. The lowest BCUT2D eigenvalue weighted by Crippen LogP contribution is -2.27. The van der Waals surface area contributed by atoms with Gasteiger partial charge in [-0.2, -0.15) is 0 Å². The van der Waals surface area contributed by atoms with Crippen molar-refractivity contribution in [3.63, 3.8) is 0 Å². The Morgan fingerprint density at radius 3 is 2.95 bits per heavy atom. The van der Waals surface area contributed by atoms with Crippen molar-refractivity contribution >= 4 is 23.0 Å². The Kier molecular flexibility index (Phi) is 3.75. The van der Waals surface area contributed by atoms with Gasteiger partial charge < -0.3 is 15.4 Å². The van der Waals surface area contributed by atoms with E-state index >= 15 is 0 Å². The molecule has 2 heterocycles. The fourth-order valence-electron chi connectivity index (χ4n) is 2.48. The summed E-state index contributed by atoms with van der Waals surface area (Å²) in [6.45, 7) is 4.13. The van der Waals surface area contributed by atoms with Crippen LogP contribution in [0.2, 0.25) is 0 Å². The maximum absolute atomic E-state index is 5.79. The molecule has 3 rings (SSSR count). The Hall–Kier alpha value is -2.14. The monoisotopic (exact) mass is 299 g/mol. The van der Waals surface area contributed by atoms with Gasteiger partial charge in [-0.05, 0) is 25.1 Å². The number of rotatable bonds is 2. The number of fused-ring (bicyclic) bond motifs is 1. The molecule has 0 spiro atoms. The number of aryl methyl sites for hydroxylation is 1. The second-order valence-electron chi connectivity index (χ2n) is 5.10. The fourth-order valence-corrected chi connectivity index (χ4v) is 2.59. The number of pyridine rings is 1. The number of benzene rings is 1. The number of ether oxygens (including phenoxy) is 1. The zero-order chi connectivity index (χ0) is 14.8. The molecule has 1 aliphatic heterocycles. The molecule has 0 bridgehead atoms. The number of anilines is 1. The van der Waals surface area contributed by atoms with E-state index < -0.39 is 0 Å². The molecule has 0 amide bonds. The third-order valence-electron chi connectivity index (χ3n) is 3.50. The average molecular weight is 299 g/mol. The third kappa shape index (κ3) is 2.97. The first-order chi connectivity index (χ1) is 10.1. The molecule has 21 heavy (non-hydrogen) atoms. The first-order valence-electron chi connectivity index (χ1n) is 6.87. The lowest BCUT2D eigenvalue weighted by atomic mass is 10.2. The van der Waals surface area contributed by atoms with Crippen LogP contribution in [0.15, 0.2) is 36.4 Å². The Labute approximate surface area is 129 Å². The Morgan fingerprint density at radius 1 is 1.33 bits per heavy atom. The zero-order valence-electron chi connectivity index (χ0n) is 11.9. The van der Waals surface area contributed by atoms with Gasteiger partial charge in [0.05, 0.1) is 6.54 Å². The third-order valence-corrected chi connectivity index (χ3v) is 3.74. The Bertz CT molecular complexity index is 687. The molecule has 0 fully saturated rings. The van der Waals surface area contributed by atoms with E-state index in [1.54, 1.807) is 0 Å². The van der Waals surface area contributed by atoms with Crippen LogP contribution in [0.4, 0.5) is 5.82 Å². The molecule has 2 aromatic rings. The summed E-state index contributed by atoms with van der Waals surface area (Å²) in [4.78, 5) is 7.20. The summed E-state index contributed by atoms with van der Waals surface area (Å²) in [7, 11) is 0. The van der Waals surface area contributed by atoms with Crippen molar-refractivity contribution in [1.29, 1.82) is 0 Å². The standard InChI is InChI=1S/C16H17N3OS/c1-11-8-13(16(17)21)9-15(18-11)19-6-7-20-14-5-3-2-4-12(14)10-19/h2-5,8-9H,6-7,10H2,1H3,(H2,17,21). The first-order valence-corrected chi connectivity index (χ1v) is 7.28. The van der Waals surface area contributed by atoms with Gasteiger partial charge in [0.1, 0.15) is 23.2 Å². The zero-order valence-corrected chi connectivity index (χ0v) is 12.7. The molecule has 5 heteroatoms. The summed E-state index contributed by atoms with van der Waals surface area (Å²) in [5, 5.41) is 0. The summed E-state index contributed by atoms with van der Waals surface area (Å²) in [6.07, 6.45) is 0. The van der Waals surface area contributed by atoms with Gasteiger partial charge in [0.15, 0.2) is 0 Å². The van der Waals surface area contributed by atoms with E-state index in [1.807, 2.05) is 37.3 Å². The molecule has 4 nitrogen and oxygen atoms in total. The Balaban J connectivity index is 1.95. The lowest BCUT2D eigenvalue weighted by Gasteiger charge is -2.22. The second kappa shape index (κ2) is 5.69.